The molecule has 1 aromatic carbocycles. The molecular formula is C13H13ClN4S. The van der Waals surface area contributed by atoms with Gasteiger partial charge in [0, 0.05) is 17.3 Å². The first-order valence-electron chi connectivity index (χ1n) is 5.99. The van der Waals surface area contributed by atoms with Crippen molar-refractivity contribution in [2.75, 3.05) is 5.32 Å². The van der Waals surface area contributed by atoms with Gasteiger partial charge >= 0.3 is 0 Å². The average molecular weight is 293 g/mol. The fourth-order valence-corrected chi connectivity index (χ4v) is 2.80. The lowest BCUT2D eigenvalue weighted by Gasteiger charge is -2.03. The fraction of sp³-hybridized carbons (Fsp3) is 0.231. The van der Waals surface area contributed by atoms with E-state index in [2.05, 4.69) is 29.2 Å². The van der Waals surface area contributed by atoms with Crippen molar-refractivity contribution in [3.05, 3.63) is 35.6 Å². The van der Waals surface area contributed by atoms with Crippen LogP contribution in [0.1, 0.15) is 19.9 Å². The van der Waals surface area contributed by atoms with Gasteiger partial charge in [0.1, 0.15) is 0 Å². The molecule has 4 nitrogen and oxygen atoms in total. The second-order valence-electron chi connectivity index (χ2n) is 4.56. The van der Waals surface area contributed by atoms with E-state index >= 15 is 0 Å². The van der Waals surface area contributed by atoms with Gasteiger partial charge in [-0.25, -0.2) is 4.98 Å². The Kier molecular flexibility index (Phi) is 3.16. The number of thiazole rings is 1. The lowest BCUT2D eigenvalue weighted by Crippen LogP contribution is -1.99. The van der Waals surface area contributed by atoms with Crippen molar-refractivity contribution in [2.45, 2.75) is 19.9 Å². The summed E-state index contributed by atoms with van der Waals surface area (Å²) in [6, 6.07) is 6.08. The molecule has 0 unspecified atom stereocenters. The van der Waals surface area contributed by atoms with Crippen LogP contribution in [0.25, 0.3) is 10.2 Å². The number of nitrogens with one attached hydrogen (secondary N) is 1. The molecule has 2 aromatic heterocycles. The van der Waals surface area contributed by atoms with E-state index in [-0.39, 0.29) is 0 Å². The summed E-state index contributed by atoms with van der Waals surface area (Å²) in [4.78, 5) is 4.51. The maximum atomic E-state index is 5.96. The average Bonchev–Trinajstić information content (AvgIpc) is 2.95. The molecule has 2 heterocycles. The van der Waals surface area contributed by atoms with Gasteiger partial charge in [-0.05, 0) is 32.0 Å². The van der Waals surface area contributed by atoms with Crippen LogP contribution in [0.3, 0.4) is 0 Å². The van der Waals surface area contributed by atoms with Gasteiger partial charge in [0.05, 0.1) is 22.1 Å². The minimum absolute atomic E-state index is 0.352. The van der Waals surface area contributed by atoms with Gasteiger partial charge in [0.25, 0.3) is 0 Å². The van der Waals surface area contributed by atoms with Crippen LogP contribution in [0.5, 0.6) is 0 Å². The molecule has 0 saturated heterocycles. The summed E-state index contributed by atoms with van der Waals surface area (Å²) in [6.45, 7) is 4.19. The number of anilines is 2. The molecule has 0 aliphatic carbocycles. The Morgan fingerprint density at radius 1 is 1.37 bits per heavy atom. The summed E-state index contributed by atoms with van der Waals surface area (Å²) in [7, 11) is 0. The van der Waals surface area contributed by atoms with E-state index in [4.69, 9.17) is 11.6 Å². The Morgan fingerprint density at radius 2 is 2.21 bits per heavy atom. The quantitative estimate of drug-likeness (QED) is 0.774. The van der Waals surface area contributed by atoms with Crippen molar-refractivity contribution in [1.29, 1.82) is 0 Å². The third-order valence-electron chi connectivity index (χ3n) is 2.73. The van der Waals surface area contributed by atoms with Gasteiger partial charge in [0.2, 0.25) is 0 Å². The zero-order valence-corrected chi connectivity index (χ0v) is 12.2. The molecule has 3 rings (SSSR count). The van der Waals surface area contributed by atoms with Crippen LogP contribution in [0.4, 0.5) is 10.8 Å². The molecule has 6 heteroatoms. The number of hydrogen-bond acceptors (Lipinski definition) is 4. The highest BCUT2D eigenvalue weighted by Crippen LogP contribution is 2.29. The van der Waals surface area contributed by atoms with Crippen LogP contribution in [-0.2, 0) is 0 Å². The van der Waals surface area contributed by atoms with Crippen LogP contribution in [0.2, 0.25) is 5.02 Å². The molecule has 0 spiro atoms. The van der Waals surface area contributed by atoms with Crippen molar-refractivity contribution in [3.63, 3.8) is 0 Å². The Morgan fingerprint density at radius 3 is 2.95 bits per heavy atom. The van der Waals surface area contributed by atoms with Crippen LogP contribution in [0.15, 0.2) is 30.6 Å². The third kappa shape index (κ3) is 2.57. The van der Waals surface area contributed by atoms with Crippen LogP contribution in [0, 0.1) is 0 Å². The van der Waals surface area contributed by atoms with Crippen molar-refractivity contribution in [3.8, 4) is 0 Å². The summed E-state index contributed by atoms with van der Waals surface area (Å²) in [5.74, 6) is 0. The number of nitrogens with zero attached hydrogens (tertiary/aromatic N) is 3. The lowest BCUT2D eigenvalue weighted by molar-refractivity contribution is 0.532. The number of fused-ring (bicyclic) bond motifs is 1. The minimum Gasteiger partial charge on any atom is -0.329 e. The van der Waals surface area contributed by atoms with Gasteiger partial charge in [-0.3, -0.25) is 4.68 Å². The van der Waals surface area contributed by atoms with Crippen LogP contribution >= 0.6 is 22.9 Å². The number of hydrogen-bond donors (Lipinski definition) is 1. The van der Waals surface area contributed by atoms with E-state index < -0.39 is 0 Å². The van der Waals surface area contributed by atoms with Crippen molar-refractivity contribution >= 4 is 44.0 Å². The van der Waals surface area contributed by atoms with Gasteiger partial charge in [0.15, 0.2) is 5.13 Å². The highest BCUT2D eigenvalue weighted by Gasteiger charge is 2.06. The first kappa shape index (κ1) is 12.4. The number of benzene rings is 1. The summed E-state index contributed by atoms with van der Waals surface area (Å²) in [5.41, 5.74) is 1.86. The molecular weight excluding hydrogens is 280 g/mol. The Labute approximate surface area is 120 Å². The molecule has 0 aliphatic rings. The topological polar surface area (TPSA) is 42.7 Å². The smallest absolute Gasteiger partial charge is 0.188 e. The Balaban J connectivity index is 1.87. The zero-order chi connectivity index (χ0) is 13.4. The SMILES string of the molecule is CC(C)n1cc(Nc2nc3cc(Cl)ccc3s2)cn1. The molecule has 0 aliphatic heterocycles. The summed E-state index contributed by atoms with van der Waals surface area (Å²) < 4.78 is 3.02. The highest BCUT2D eigenvalue weighted by atomic mass is 35.5. The Hall–Kier alpha value is -1.59. The van der Waals surface area contributed by atoms with Crippen LogP contribution < -0.4 is 5.32 Å². The Bertz CT molecular complexity index is 716. The first-order chi connectivity index (χ1) is 9.11. The summed E-state index contributed by atoms with van der Waals surface area (Å²) in [5, 5.41) is 9.11. The first-order valence-corrected chi connectivity index (χ1v) is 7.18. The standard InChI is InChI=1S/C13H13ClN4S/c1-8(2)18-7-10(6-15-18)16-13-17-11-5-9(14)3-4-12(11)19-13/h3-8H,1-2H3,(H,16,17). The van der Waals surface area contributed by atoms with Crippen molar-refractivity contribution in [1.82, 2.24) is 14.8 Å². The molecule has 0 radical (unpaired) electrons. The van der Waals surface area contributed by atoms with Crippen molar-refractivity contribution < 1.29 is 0 Å². The second-order valence-corrected chi connectivity index (χ2v) is 6.03. The maximum Gasteiger partial charge on any atom is 0.188 e. The third-order valence-corrected chi connectivity index (χ3v) is 3.92. The molecule has 19 heavy (non-hydrogen) atoms. The fourth-order valence-electron chi connectivity index (χ4n) is 1.76. The number of aromatic nitrogens is 3. The predicted molar refractivity (Wildman–Crippen MR) is 80.5 cm³/mol. The molecule has 0 atom stereocenters. The normalized spacial score (nSPS) is 11.4. The molecule has 0 fully saturated rings. The predicted octanol–water partition coefficient (Wildman–Crippen LogP) is 4.47. The van der Waals surface area contributed by atoms with Gasteiger partial charge in [-0.1, -0.05) is 22.9 Å². The van der Waals surface area contributed by atoms with Crippen LogP contribution in [-0.4, -0.2) is 14.8 Å². The molecule has 98 valence electrons. The highest BCUT2D eigenvalue weighted by molar-refractivity contribution is 7.22. The minimum atomic E-state index is 0.352. The van der Waals surface area contributed by atoms with E-state index in [1.807, 2.05) is 29.1 Å². The van der Waals surface area contributed by atoms with Gasteiger partial charge < -0.3 is 5.32 Å². The molecule has 0 saturated carbocycles. The largest absolute Gasteiger partial charge is 0.329 e. The number of rotatable bonds is 3. The molecule has 0 amide bonds. The van der Waals surface area contributed by atoms with Crippen molar-refractivity contribution in [2.24, 2.45) is 0 Å². The molecule has 1 N–H and O–H groups in total. The van der Waals surface area contributed by atoms with E-state index in [1.54, 1.807) is 17.5 Å². The maximum absolute atomic E-state index is 5.96. The van der Waals surface area contributed by atoms with E-state index in [9.17, 15) is 0 Å². The van der Waals surface area contributed by atoms with E-state index in [0.717, 1.165) is 21.0 Å². The van der Waals surface area contributed by atoms with Gasteiger partial charge in [-0.2, -0.15) is 5.10 Å². The summed E-state index contributed by atoms with van der Waals surface area (Å²) >= 11 is 7.56. The monoisotopic (exact) mass is 292 g/mol. The van der Waals surface area contributed by atoms with E-state index in [1.165, 1.54) is 0 Å². The lowest BCUT2D eigenvalue weighted by atomic mass is 10.3. The molecule has 0 bridgehead atoms. The summed E-state index contributed by atoms with van der Waals surface area (Å²) in [6.07, 6.45) is 3.78. The second kappa shape index (κ2) is 4.83. The number of halogens is 1. The zero-order valence-electron chi connectivity index (χ0n) is 10.6. The van der Waals surface area contributed by atoms with E-state index in [0.29, 0.717) is 11.1 Å². The van der Waals surface area contributed by atoms with Gasteiger partial charge in [-0.15, -0.1) is 0 Å². The molecule has 3 aromatic rings.